The second kappa shape index (κ2) is 5.63. The third-order valence-electron chi connectivity index (χ3n) is 3.31. The van der Waals surface area contributed by atoms with Gasteiger partial charge in [0.05, 0.1) is 12.8 Å². The molecule has 0 aromatic carbocycles. The number of anilines is 1. The van der Waals surface area contributed by atoms with Crippen molar-refractivity contribution in [3.05, 3.63) is 22.2 Å². The number of nitrogens with zero attached hydrogens (tertiary/aromatic N) is 6. The molecule has 10 heteroatoms. The molecule has 0 spiro atoms. The van der Waals surface area contributed by atoms with E-state index < -0.39 is 11.7 Å². The van der Waals surface area contributed by atoms with Crippen LogP contribution in [0.3, 0.4) is 0 Å². The molecule has 0 aliphatic heterocycles. The van der Waals surface area contributed by atoms with Crippen LogP contribution in [-0.2, 0) is 11.3 Å². The zero-order valence-electron chi connectivity index (χ0n) is 12.7. The smallest absolute Gasteiger partial charge is 0.351 e. The van der Waals surface area contributed by atoms with E-state index >= 15 is 0 Å². The fourth-order valence-electron chi connectivity index (χ4n) is 2.28. The standard InChI is InChI=1S/C13H15N7O3/c1-3-5-19-9(14)8-11(16-13(19)22)20-10(18-17-8)7(6-15-20)12(21)23-4-2/h6H,3-5,14H2,1-2H3. The van der Waals surface area contributed by atoms with Crippen molar-refractivity contribution in [3.8, 4) is 0 Å². The van der Waals surface area contributed by atoms with Gasteiger partial charge in [0.1, 0.15) is 11.4 Å². The molecule has 0 bridgehead atoms. The SMILES string of the molecule is CCCn1c(N)c2nnc3c(C(=O)OCC)cnn3c2nc1=O. The Morgan fingerprint density at radius 2 is 2.09 bits per heavy atom. The number of esters is 1. The summed E-state index contributed by atoms with van der Waals surface area (Å²) in [6.07, 6.45) is 2.03. The lowest BCUT2D eigenvalue weighted by Gasteiger charge is -2.09. The van der Waals surface area contributed by atoms with Crippen LogP contribution in [0.25, 0.3) is 16.8 Å². The minimum Gasteiger partial charge on any atom is -0.462 e. The number of fused-ring (bicyclic) bond motifs is 3. The molecule has 0 aliphatic carbocycles. The Balaban J connectivity index is 2.29. The van der Waals surface area contributed by atoms with Gasteiger partial charge in [-0.2, -0.15) is 14.6 Å². The molecule has 0 aliphatic rings. The highest BCUT2D eigenvalue weighted by molar-refractivity contribution is 5.96. The highest BCUT2D eigenvalue weighted by Crippen LogP contribution is 2.17. The number of ether oxygens (including phenoxy) is 1. The van der Waals surface area contributed by atoms with Gasteiger partial charge in [-0.3, -0.25) is 4.57 Å². The van der Waals surface area contributed by atoms with Crippen LogP contribution >= 0.6 is 0 Å². The summed E-state index contributed by atoms with van der Waals surface area (Å²) in [5.41, 5.74) is 6.22. The number of nitrogen functional groups attached to an aromatic ring is 1. The van der Waals surface area contributed by atoms with Crippen LogP contribution in [0.5, 0.6) is 0 Å². The zero-order chi connectivity index (χ0) is 16.6. The number of hydrogen-bond acceptors (Lipinski definition) is 8. The van der Waals surface area contributed by atoms with Gasteiger partial charge in [0.25, 0.3) is 0 Å². The minimum atomic E-state index is -0.566. The molecule has 0 saturated carbocycles. The van der Waals surface area contributed by atoms with Crippen molar-refractivity contribution in [3.63, 3.8) is 0 Å². The Kier molecular flexibility index (Phi) is 3.64. The van der Waals surface area contributed by atoms with E-state index in [0.717, 1.165) is 6.42 Å². The molecule has 120 valence electrons. The van der Waals surface area contributed by atoms with E-state index in [4.69, 9.17) is 10.5 Å². The van der Waals surface area contributed by atoms with Crippen molar-refractivity contribution < 1.29 is 9.53 Å². The molecule has 3 aromatic heterocycles. The lowest BCUT2D eigenvalue weighted by Crippen LogP contribution is -2.27. The number of carbonyl (C=O) groups excluding carboxylic acids is 1. The van der Waals surface area contributed by atoms with Gasteiger partial charge in [-0.25, -0.2) is 9.59 Å². The first kappa shape index (κ1) is 14.9. The molecule has 0 fully saturated rings. The van der Waals surface area contributed by atoms with Crippen molar-refractivity contribution >= 4 is 28.6 Å². The van der Waals surface area contributed by atoms with E-state index in [1.807, 2.05) is 6.92 Å². The van der Waals surface area contributed by atoms with Crippen LogP contribution in [-0.4, -0.2) is 41.9 Å². The Morgan fingerprint density at radius 1 is 1.30 bits per heavy atom. The van der Waals surface area contributed by atoms with E-state index in [2.05, 4.69) is 20.3 Å². The van der Waals surface area contributed by atoms with E-state index in [1.54, 1.807) is 6.92 Å². The van der Waals surface area contributed by atoms with Crippen molar-refractivity contribution in [1.82, 2.24) is 29.4 Å². The van der Waals surface area contributed by atoms with E-state index in [0.29, 0.717) is 6.54 Å². The number of aromatic nitrogens is 6. The lowest BCUT2D eigenvalue weighted by molar-refractivity contribution is 0.0528. The molecule has 3 aromatic rings. The van der Waals surface area contributed by atoms with Gasteiger partial charge < -0.3 is 10.5 Å². The molecule has 0 unspecified atom stereocenters. The highest BCUT2D eigenvalue weighted by atomic mass is 16.5. The van der Waals surface area contributed by atoms with E-state index in [-0.39, 0.29) is 34.8 Å². The number of nitrogens with two attached hydrogens (primary N) is 1. The Morgan fingerprint density at radius 3 is 2.78 bits per heavy atom. The first-order valence-corrected chi connectivity index (χ1v) is 7.16. The predicted molar refractivity (Wildman–Crippen MR) is 81.0 cm³/mol. The van der Waals surface area contributed by atoms with Crippen LogP contribution in [0.2, 0.25) is 0 Å². The van der Waals surface area contributed by atoms with Crippen molar-refractivity contribution in [2.45, 2.75) is 26.8 Å². The second-order valence-corrected chi connectivity index (χ2v) is 4.82. The third-order valence-corrected chi connectivity index (χ3v) is 3.31. The Labute approximate surface area is 129 Å². The van der Waals surface area contributed by atoms with Gasteiger partial charge in [-0.1, -0.05) is 6.92 Å². The second-order valence-electron chi connectivity index (χ2n) is 4.82. The molecule has 0 saturated heterocycles. The first-order chi connectivity index (χ1) is 11.1. The largest absolute Gasteiger partial charge is 0.462 e. The van der Waals surface area contributed by atoms with E-state index in [1.165, 1.54) is 15.3 Å². The quantitative estimate of drug-likeness (QED) is 0.665. The van der Waals surface area contributed by atoms with Crippen molar-refractivity contribution in [2.75, 3.05) is 12.3 Å². The molecule has 0 amide bonds. The molecule has 3 heterocycles. The van der Waals surface area contributed by atoms with Gasteiger partial charge in [0.2, 0.25) is 0 Å². The van der Waals surface area contributed by atoms with Crippen LogP contribution in [0.15, 0.2) is 11.0 Å². The monoisotopic (exact) mass is 317 g/mol. The summed E-state index contributed by atoms with van der Waals surface area (Å²) in [4.78, 5) is 28.0. The number of hydrogen-bond donors (Lipinski definition) is 1. The number of rotatable bonds is 4. The lowest BCUT2D eigenvalue weighted by atomic mass is 10.3. The summed E-state index contributed by atoms with van der Waals surface area (Å²) in [5, 5.41) is 12.0. The van der Waals surface area contributed by atoms with Crippen molar-refractivity contribution in [1.29, 1.82) is 0 Å². The Bertz CT molecular complexity index is 959. The summed E-state index contributed by atoms with van der Waals surface area (Å²) in [7, 11) is 0. The fraction of sp³-hybridized carbons (Fsp3) is 0.385. The maximum atomic E-state index is 12.1. The molecule has 2 N–H and O–H groups in total. The molecule has 3 rings (SSSR count). The number of carbonyl (C=O) groups is 1. The fourth-order valence-corrected chi connectivity index (χ4v) is 2.28. The predicted octanol–water partition coefficient (Wildman–Crippen LogP) is 0.00310. The van der Waals surface area contributed by atoms with Crippen LogP contribution in [0.4, 0.5) is 5.82 Å². The molecule has 0 radical (unpaired) electrons. The maximum absolute atomic E-state index is 12.1. The summed E-state index contributed by atoms with van der Waals surface area (Å²) >= 11 is 0. The summed E-state index contributed by atoms with van der Waals surface area (Å²) in [6.45, 7) is 4.28. The Hall–Kier alpha value is -3.04. The average Bonchev–Trinajstić information content (AvgIpc) is 2.96. The summed E-state index contributed by atoms with van der Waals surface area (Å²) in [5.74, 6) is -0.395. The topological polar surface area (TPSA) is 130 Å². The molecule has 23 heavy (non-hydrogen) atoms. The van der Waals surface area contributed by atoms with Gasteiger partial charge in [-0.05, 0) is 13.3 Å². The van der Waals surface area contributed by atoms with Gasteiger partial charge in [0, 0.05) is 6.54 Å². The minimum absolute atomic E-state index is 0.152. The van der Waals surface area contributed by atoms with Gasteiger partial charge >= 0.3 is 11.7 Å². The van der Waals surface area contributed by atoms with Crippen LogP contribution in [0, 0.1) is 0 Å². The van der Waals surface area contributed by atoms with Gasteiger partial charge in [0.15, 0.2) is 16.8 Å². The first-order valence-electron chi connectivity index (χ1n) is 7.16. The molecular weight excluding hydrogens is 302 g/mol. The van der Waals surface area contributed by atoms with Gasteiger partial charge in [-0.15, -0.1) is 10.2 Å². The highest BCUT2D eigenvalue weighted by Gasteiger charge is 2.20. The maximum Gasteiger partial charge on any atom is 0.351 e. The van der Waals surface area contributed by atoms with Crippen LogP contribution < -0.4 is 11.4 Å². The normalized spacial score (nSPS) is 11.2. The van der Waals surface area contributed by atoms with Crippen LogP contribution in [0.1, 0.15) is 30.6 Å². The summed E-state index contributed by atoms with van der Waals surface area (Å²) in [6, 6.07) is 0. The van der Waals surface area contributed by atoms with Crippen molar-refractivity contribution in [2.24, 2.45) is 0 Å². The molecular formula is C13H15N7O3. The van der Waals surface area contributed by atoms with E-state index in [9.17, 15) is 9.59 Å². The molecule has 0 atom stereocenters. The average molecular weight is 317 g/mol. The zero-order valence-corrected chi connectivity index (χ0v) is 12.7. The summed E-state index contributed by atoms with van der Waals surface area (Å²) < 4.78 is 7.53. The molecule has 10 nitrogen and oxygen atoms in total. The third kappa shape index (κ3) is 2.28.